The van der Waals surface area contributed by atoms with Crippen molar-refractivity contribution in [2.45, 2.75) is 6.61 Å². The first-order valence-electron chi connectivity index (χ1n) is 2.84. The summed E-state index contributed by atoms with van der Waals surface area (Å²) >= 11 is 2.21. The topological polar surface area (TPSA) is 20.2 Å². The maximum Gasteiger partial charge on any atom is 0.0712 e. The molecule has 0 fully saturated rings. The molecule has 0 saturated carbocycles. The van der Waals surface area contributed by atoms with Crippen LogP contribution in [0.2, 0.25) is 0 Å². The summed E-state index contributed by atoms with van der Waals surface area (Å²) in [5.74, 6) is 0. The third-order valence-electron chi connectivity index (χ3n) is 1.14. The number of benzene rings is 1. The molecule has 0 aromatic heterocycles. The van der Waals surface area contributed by atoms with Crippen LogP contribution in [0.5, 0.6) is 0 Å². The molecule has 0 atom stereocenters. The summed E-state index contributed by atoms with van der Waals surface area (Å²) in [7, 11) is 3.39. The van der Waals surface area contributed by atoms with Crippen LogP contribution in [0.15, 0.2) is 18.2 Å². The molecule has 0 saturated heterocycles. The summed E-state index contributed by atoms with van der Waals surface area (Å²) in [4.78, 5) is 0. The van der Waals surface area contributed by atoms with E-state index < -0.39 is 0 Å². The molecule has 10 heavy (non-hydrogen) atoms. The Morgan fingerprint density at radius 3 is 2.60 bits per heavy atom. The minimum absolute atomic E-state index is 0.105. The quantitative estimate of drug-likeness (QED) is 0.579. The zero-order chi connectivity index (χ0) is 7.56. The molecule has 1 aromatic rings. The van der Waals surface area contributed by atoms with Crippen LogP contribution in [-0.4, -0.2) is 15.3 Å². The van der Waals surface area contributed by atoms with Crippen LogP contribution in [0.1, 0.15) is 5.56 Å². The van der Waals surface area contributed by atoms with Crippen molar-refractivity contribution in [1.82, 2.24) is 0 Å². The van der Waals surface area contributed by atoms with Crippen molar-refractivity contribution in [1.29, 1.82) is 0 Å². The second-order valence-electron chi connectivity index (χ2n) is 2.01. The smallest absolute Gasteiger partial charge is 0.0712 e. The Morgan fingerprint density at radius 1 is 1.40 bits per heavy atom. The first kappa shape index (κ1) is 8.23. The molecule has 0 heterocycles. The largest absolute Gasteiger partial charge is 0.392 e. The number of aliphatic hydroxyl groups is 1. The van der Waals surface area contributed by atoms with Gasteiger partial charge in [-0.05, 0) is 34.2 Å². The van der Waals surface area contributed by atoms with E-state index in [1.807, 2.05) is 18.2 Å². The highest BCUT2D eigenvalue weighted by Crippen LogP contribution is 2.05. The summed E-state index contributed by atoms with van der Waals surface area (Å²) in [5, 5.41) is 9.77. The molecule has 51 valence electrons. The number of aliphatic hydroxyl groups excluding tert-OH is 1. The maximum absolute atomic E-state index is 8.76. The van der Waals surface area contributed by atoms with Gasteiger partial charge in [0.05, 0.1) is 16.8 Å². The monoisotopic (exact) mass is 261 g/mol. The molecule has 3 heteroatoms. The third-order valence-corrected chi connectivity index (χ3v) is 2.05. The normalized spacial score (nSPS) is 9.90. The van der Waals surface area contributed by atoms with E-state index >= 15 is 0 Å². The average Bonchev–Trinajstić information content (AvgIpc) is 1.85. The van der Waals surface area contributed by atoms with Crippen LogP contribution in [0.25, 0.3) is 0 Å². The minimum Gasteiger partial charge on any atom is -0.392 e. The number of hydrogen-bond donors (Lipinski definition) is 1. The van der Waals surface area contributed by atoms with Crippen molar-refractivity contribution in [2.24, 2.45) is 0 Å². The van der Waals surface area contributed by atoms with Gasteiger partial charge in [-0.1, -0.05) is 17.3 Å². The highest BCUT2D eigenvalue weighted by Gasteiger charge is 1.93. The van der Waals surface area contributed by atoms with Crippen molar-refractivity contribution >= 4 is 38.0 Å². The van der Waals surface area contributed by atoms with Crippen molar-refractivity contribution in [3.05, 3.63) is 27.3 Å². The molecule has 0 aliphatic carbocycles. The predicted octanol–water partition coefficient (Wildman–Crippen LogP) is 0.577. The highest BCUT2D eigenvalue weighted by molar-refractivity contribution is 14.1. The van der Waals surface area contributed by atoms with E-state index in [1.165, 1.54) is 0 Å². The lowest BCUT2D eigenvalue weighted by atomic mass is 10.2. The molecular weight excluding hydrogens is 255 g/mol. The lowest BCUT2D eigenvalue weighted by Crippen LogP contribution is -2.04. The maximum atomic E-state index is 8.76. The van der Waals surface area contributed by atoms with Crippen LogP contribution in [-0.2, 0) is 6.61 Å². The van der Waals surface area contributed by atoms with E-state index in [1.54, 1.807) is 0 Å². The predicted molar refractivity (Wildman–Crippen MR) is 50.5 cm³/mol. The fourth-order valence-corrected chi connectivity index (χ4v) is 2.11. The summed E-state index contributed by atoms with van der Waals surface area (Å²) in [6, 6.07) is 5.85. The lowest BCUT2D eigenvalue weighted by Gasteiger charge is -1.98. The van der Waals surface area contributed by atoms with Crippen LogP contribution >= 0.6 is 22.6 Å². The van der Waals surface area contributed by atoms with Gasteiger partial charge in [-0.15, -0.1) is 0 Å². The van der Waals surface area contributed by atoms with Gasteiger partial charge < -0.3 is 5.11 Å². The molecule has 1 N–H and O–H groups in total. The fraction of sp³-hybridized carbons (Fsp3) is 0.143. The van der Waals surface area contributed by atoms with Gasteiger partial charge in [-0.25, -0.2) is 0 Å². The van der Waals surface area contributed by atoms with Gasteiger partial charge >= 0.3 is 0 Å². The van der Waals surface area contributed by atoms with Gasteiger partial charge in [0.2, 0.25) is 0 Å². The van der Waals surface area contributed by atoms with Crippen molar-refractivity contribution in [3.63, 3.8) is 0 Å². The SMILES string of the molecule is OCc1cc([Si])cc(I)c1. The van der Waals surface area contributed by atoms with Crippen molar-refractivity contribution in [3.8, 4) is 0 Å². The number of halogens is 1. The Kier molecular flexibility index (Phi) is 2.88. The molecule has 0 aliphatic heterocycles. The van der Waals surface area contributed by atoms with Gasteiger partial charge in [-0.3, -0.25) is 0 Å². The zero-order valence-electron chi connectivity index (χ0n) is 5.26. The molecule has 3 radical (unpaired) electrons. The highest BCUT2D eigenvalue weighted by atomic mass is 127. The Hall–Kier alpha value is 0.127. The van der Waals surface area contributed by atoms with E-state index in [9.17, 15) is 0 Å². The Bertz CT molecular complexity index is 217. The minimum atomic E-state index is 0.105. The molecule has 0 amide bonds. The summed E-state index contributed by atoms with van der Waals surface area (Å²) in [5.41, 5.74) is 0.942. The van der Waals surface area contributed by atoms with E-state index in [2.05, 4.69) is 32.8 Å². The van der Waals surface area contributed by atoms with Crippen LogP contribution in [0.3, 0.4) is 0 Å². The van der Waals surface area contributed by atoms with Gasteiger partial charge in [0.25, 0.3) is 0 Å². The molecule has 0 bridgehead atoms. The lowest BCUT2D eigenvalue weighted by molar-refractivity contribution is 0.282. The van der Waals surface area contributed by atoms with Gasteiger partial charge in [-0.2, -0.15) is 0 Å². The van der Waals surface area contributed by atoms with Gasteiger partial charge in [0.1, 0.15) is 0 Å². The van der Waals surface area contributed by atoms with Crippen LogP contribution in [0, 0.1) is 3.57 Å². The molecule has 0 aliphatic rings. The van der Waals surface area contributed by atoms with E-state index in [0.717, 1.165) is 14.3 Å². The summed E-state index contributed by atoms with van der Waals surface area (Å²) < 4.78 is 1.13. The second kappa shape index (κ2) is 3.50. The molecule has 0 spiro atoms. The molecule has 0 unspecified atom stereocenters. The Morgan fingerprint density at radius 2 is 2.10 bits per heavy atom. The zero-order valence-corrected chi connectivity index (χ0v) is 8.42. The van der Waals surface area contributed by atoms with Crippen LogP contribution < -0.4 is 5.19 Å². The first-order valence-corrected chi connectivity index (χ1v) is 4.42. The molecule has 1 rings (SSSR count). The molecular formula is C7H6IOSi. The first-order chi connectivity index (χ1) is 4.72. The van der Waals surface area contributed by atoms with E-state index in [0.29, 0.717) is 0 Å². The summed E-state index contributed by atoms with van der Waals surface area (Å²) in [6.45, 7) is 0.105. The van der Waals surface area contributed by atoms with Crippen LogP contribution in [0.4, 0.5) is 0 Å². The summed E-state index contributed by atoms with van der Waals surface area (Å²) in [6.07, 6.45) is 0. The number of hydrogen-bond acceptors (Lipinski definition) is 1. The Labute approximate surface area is 77.0 Å². The van der Waals surface area contributed by atoms with E-state index in [-0.39, 0.29) is 6.61 Å². The van der Waals surface area contributed by atoms with Gasteiger partial charge in [0, 0.05) is 3.57 Å². The van der Waals surface area contributed by atoms with Crippen molar-refractivity contribution in [2.75, 3.05) is 0 Å². The molecule has 1 aromatic carbocycles. The third kappa shape index (κ3) is 2.07. The average molecular weight is 261 g/mol. The van der Waals surface area contributed by atoms with Crippen molar-refractivity contribution < 1.29 is 5.11 Å². The second-order valence-corrected chi connectivity index (χ2v) is 3.83. The molecule has 1 nitrogen and oxygen atoms in total. The van der Waals surface area contributed by atoms with E-state index in [4.69, 9.17) is 5.11 Å². The Balaban J connectivity index is 3.06. The fourth-order valence-electron chi connectivity index (χ4n) is 0.742. The standard InChI is InChI=1S/C7H6IOSi/c8-6-1-5(4-9)2-7(10)3-6/h1-3,9H,4H2. The number of rotatable bonds is 1. The van der Waals surface area contributed by atoms with Gasteiger partial charge in [0.15, 0.2) is 0 Å².